The van der Waals surface area contributed by atoms with Gasteiger partial charge in [0.15, 0.2) is 0 Å². The fraction of sp³-hybridized carbons (Fsp3) is 0.333. The molecule has 3 nitrogen and oxygen atoms in total. The molecule has 1 N–H and O–H groups in total. The fourth-order valence-electron chi connectivity index (χ4n) is 1.12. The van der Waals surface area contributed by atoms with Crippen LogP contribution >= 0.6 is 11.6 Å². The molecular weight excluding hydrogens is 228 g/mol. The van der Waals surface area contributed by atoms with Crippen molar-refractivity contribution in [3.05, 3.63) is 28.0 Å². The van der Waals surface area contributed by atoms with Crippen LogP contribution in [0.5, 0.6) is 0 Å². The number of carboxylic acids is 1. The van der Waals surface area contributed by atoms with Crippen molar-refractivity contribution in [1.82, 2.24) is 4.98 Å². The Bertz CT molecular complexity index is 396. The van der Waals surface area contributed by atoms with E-state index in [0.29, 0.717) is 5.56 Å². The van der Waals surface area contributed by atoms with Crippen molar-refractivity contribution < 1.29 is 18.7 Å². The molecular formula is C9H8ClF2NO2. The van der Waals surface area contributed by atoms with Gasteiger partial charge in [-0.1, -0.05) is 11.6 Å². The molecule has 0 unspecified atom stereocenters. The fourth-order valence-corrected chi connectivity index (χ4v) is 1.36. The third-order valence-electron chi connectivity index (χ3n) is 1.85. The van der Waals surface area contributed by atoms with E-state index in [1.54, 1.807) is 0 Å². The summed E-state index contributed by atoms with van der Waals surface area (Å²) < 4.78 is 24.7. The number of pyridine rings is 1. The number of alkyl halides is 2. The predicted molar refractivity (Wildman–Crippen MR) is 50.3 cm³/mol. The predicted octanol–water partition coefficient (Wildman–Crippen LogP) is 2.61. The van der Waals surface area contributed by atoms with Crippen LogP contribution in [-0.2, 0) is 11.2 Å². The van der Waals surface area contributed by atoms with Gasteiger partial charge < -0.3 is 5.11 Å². The van der Waals surface area contributed by atoms with Crippen LogP contribution in [-0.4, -0.2) is 16.1 Å². The maximum Gasteiger partial charge on any atom is 0.309 e. The quantitative estimate of drug-likeness (QED) is 0.820. The van der Waals surface area contributed by atoms with Crippen LogP contribution in [0.25, 0.3) is 0 Å². The van der Waals surface area contributed by atoms with Crippen LogP contribution in [0.2, 0.25) is 5.15 Å². The number of aryl methyl sites for hydroxylation is 1. The Morgan fingerprint density at radius 1 is 1.67 bits per heavy atom. The van der Waals surface area contributed by atoms with Crippen LogP contribution < -0.4 is 0 Å². The molecule has 0 amide bonds. The Morgan fingerprint density at radius 3 is 2.73 bits per heavy atom. The lowest BCUT2D eigenvalue weighted by Gasteiger charge is -2.07. The van der Waals surface area contributed by atoms with Crippen molar-refractivity contribution in [3.63, 3.8) is 0 Å². The molecule has 0 atom stereocenters. The summed E-state index contributed by atoms with van der Waals surface area (Å²) in [5.41, 5.74) is 0.234. The smallest absolute Gasteiger partial charge is 0.309 e. The van der Waals surface area contributed by atoms with Crippen molar-refractivity contribution in [3.8, 4) is 0 Å². The van der Waals surface area contributed by atoms with Gasteiger partial charge in [0.1, 0.15) is 5.15 Å². The summed E-state index contributed by atoms with van der Waals surface area (Å²) >= 11 is 5.50. The Morgan fingerprint density at radius 2 is 2.27 bits per heavy atom. The van der Waals surface area contributed by atoms with E-state index >= 15 is 0 Å². The van der Waals surface area contributed by atoms with Crippen molar-refractivity contribution in [2.45, 2.75) is 19.8 Å². The molecule has 0 saturated heterocycles. The number of hydrogen-bond acceptors (Lipinski definition) is 2. The minimum Gasteiger partial charge on any atom is -0.481 e. The second-order valence-electron chi connectivity index (χ2n) is 3.00. The number of carboxylic acid groups (broad SMARTS) is 1. The van der Waals surface area contributed by atoms with E-state index in [0.717, 1.165) is 6.07 Å². The van der Waals surface area contributed by atoms with Gasteiger partial charge in [-0.05, 0) is 18.6 Å². The van der Waals surface area contributed by atoms with Crippen molar-refractivity contribution in [1.29, 1.82) is 0 Å². The van der Waals surface area contributed by atoms with Gasteiger partial charge in [0.05, 0.1) is 17.7 Å². The van der Waals surface area contributed by atoms with Gasteiger partial charge in [-0.15, -0.1) is 0 Å². The lowest BCUT2D eigenvalue weighted by molar-refractivity contribution is -0.136. The molecule has 15 heavy (non-hydrogen) atoms. The molecule has 6 heteroatoms. The molecule has 0 aromatic carbocycles. The summed E-state index contributed by atoms with van der Waals surface area (Å²) in [7, 11) is 0. The Labute approximate surface area is 89.7 Å². The van der Waals surface area contributed by atoms with Crippen molar-refractivity contribution in [2.24, 2.45) is 0 Å². The normalized spacial score (nSPS) is 10.7. The first kappa shape index (κ1) is 11.8. The number of nitrogens with zero attached hydrogens (tertiary/aromatic N) is 1. The lowest BCUT2D eigenvalue weighted by Crippen LogP contribution is -2.06. The first-order valence-electron chi connectivity index (χ1n) is 4.07. The monoisotopic (exact) mass is 235 g/mol. The third kappa shape index (κ3) is 2.86. The molecule has 0 fully saturated rings. The standard InChI is InChI=1S/C9H8ClF2NO2/c1-4-2-5(9(11)12)8(10)13-6(4)3-7(14)15/h2,9H,3H2,1H3,(H,14,15). The number of aliphatic carboxylic acids is 1. The molecule has 0 radical (unpaired) electrons. The summed E-state index contributed by atoms with van der Waals surface area (Å²) in [6, 6.07) is 1.16. The zero-order valence-electron chi connectivity index (χ0n) is 7.80. The van der Waals surface area contributed by atoms with E-state index < -0.39 is 12.4 Å². The molecule has 1 aromatic rings. The van der Waals surface area contributed by atoms with Crippen molar-refractivity contribution >= 4 is 17.6 Å². The second kappa shape index (κ2) is 4.53. The van der Waals surface area contributed by atoms with E-state index in [4.69, 9.17) is 16.7 Å². The van der Waals surface area contributed by atoms with Gasteiger partial charge >= 0.3 is 5.97 Å². The van der Waals surface area contributed by atoms with Gasteiger partial charge in [-0.3, -0.25) is 4.79 Å². The molecule has 0 bridgehead atoms. The molecule has 0 aliphatic carbocycles. The second-order valence-corrected chi connectivity index (χ2v) is 3.36. The third-order valence-corrected chi connectivity index (χ3v) is 2.16. The Hall–Kier alpha value is -1.23. The van der Waals surface area contributed by atoms with E-state index in [-0.39, 0.29) is 22.8 Å². The number of rotatable bonds is 3. The van der Waals surface area contributed by atoms with Gasteiger partial charge in [-0.25, -0.2) is 13.8 Å². The van der Waals surface area contributed by atoms with Crippen LogP contribution in [0.3, 0.4) is 0 Å². The van der Waals surface area contributed by atoms with Crippen molar-refractivity contribution in [2.75, 3.05) is 0 Å². The van der Waals surface area contributed by atoms with E-state index in [2.05, 4.69) is 4.98 Å². The molecule has 0 aliphatic heterocycles. The maximum absolute atomic E-state index is 12.4. The number of aromatic nitrogens is 1. The summed E-state index contributed by atoms with van der Waals surface area (Å²) in [5, 5.41) is 8.19. The summed E-state index contributed by atoms with van der Waals surface area (Å²) in [6.07, 6.45) is -3.03. The van der Waals surface area contributed by atoms with Gasteiger partial charge in [0, 0.05) is 0 Å². The van der Waals surface area contributed by atoms with Gasteiger partial charge in [0.2, 0.25) is 0 Å². The molecule has 0 spiro atoms. The Balaban J connectivity index is 3.13. The SMILES string of the molecule is Cc1cc(C(F)F)c(Cl)nc1CC(=O)O. The molecule has 0 saturated carbocycles. The van der Waals surface area contributed by atoms with Crippen LogP contribution in [0, 0.1) is 6.92 Å². The van der Waals surface area contributed by atoms with Crippen LogP contribution in [0.4, 0.5) is 8.78 Å². The van der Waals surface area contributed by atoms with Gasteiger partial charge in [0.25, 0.3) is 6.43 Å². The minimum absolute atomic E-state index is 0.205. The molecule has 1 aromatic heterocycles. The highest BCUT2D eigenvalue weighted by atomic mass is 35.5. The molecule has 1 rings (SSSR count). The van der Waals surface area contributed by atoms with E-state index in [9.17, 15) is 13.6 Å². The zero-order valence-corrected chi connectivity index (χ0v) is 8.55. The average Bonchev–Trinajstić information content (AvgIpc) is 2.09. The highest BCUT2D eigenvalue weighted by molar-refractivity contribution is 6.30. The largest absolute Gasteiger partial charge is 0.481 e. The van der Waals surface area contributed by atoms with Gasteiger partial charge in [-0.2, -0.15) is 0 Å². The highest BCUT2D eigenvalue weighted by Crippen LogP contribution is 2.27. The van der Waals surface area contributed by atoms with E-state index in [1.165, 1.54) is 6.92 Å². The summed E-state index contributed by atoms with van der Waals surface area (Å²) in [4.78, 5) is 14.1. The number of halogens is 3. The number of hydrogen-bond donors (Lipinski definition) is 1. The van der Waals surface area contributed by atoms with E-state index in [1.807, 2.05) is 0 Å². The zero-order chi connectivity index (χ0) is 11.6. The highest BCUT2D eigenvalue weighted by Gasteiger charge is 2.16. The Kier molecular flexibility index (Phi) is 3.57. The number of carbonyl (C=O) groups is 1. The summed E-state index contributed by atoms with van der Waals surface area (Å²) in [5.74, 6) is -1.08. The average molecular weight is 236 g/mol. The first-order chi connectivity index (χ1) is 6.91. The van der Waals surface area contributed by atoms with Crippen LogP contribution in [0.15, 0.2) is 6.07 Å². The lowest BCUT2D eigenvalue weighted by atomic mass is 10.1. The molecule has 1 heterocycles. The molecule has 82 valence electrons. The summed E-state index contributed by atoms with van der Waals surface area (Å²) in [6.45, 7) is 1.52. The molecule has 0 aliphatic rings. The first-order valence-corrected chi connectivity index (χ1v) is 4.45. The van der Waals surface area contributed by atoms with Crippen LogP contribution in [0.1, 0.15) is 23.2 Å². The minimum atomic E-state index is -2.71. The maximum atomic E-state index is 12.4. The topological polar surface area (TPSA) is 50.2 Å².